The molecule has 32 heavy (non-hydrogen) atoms. The van der Waals surface area contributed by atoms with Crippen molar-refractivity contribution in [3.05, 3.63) is 102 Å². The molecule has 6 nitrogen and oxygen atoms in total. The summed E-state index contributed by atoms with van der Waals surface area (Å²) in [6.07, 6.45) is 3.84. The van der Waals surface area contributed by atoms with Gasteiger partial charge in [0.1, 0.15) is 11.6 Å². The Bertz CT molecular complexity index is 1570. The van der Waals surface area contributed by atoms with Crippen LogP contribution in [0, 0.1) is 5.82 Å². The molecule has 0 aliphatic rings. The van der Waals surface area contributed by atoms with Crippen LogP contribution in [0.4, 0.5) is 4.39 Å². The van der Waals surface area contributed by atoms with Crippen LogP contribution in [-0.2, 0) is 17.4 Å². The van der Waals surface area contributed by atoms with E-state index in [2.05, 4.69) is 4.98 Å². The predicted molar refractivity (Wildman–Crippen MR) is 122 cm³/mol. The number of nitrogens with one attached hydrogen (secondary N) is 1. The molecule has 0 saturated heterocycles. The Morgan fingerprint density at radius 3 is 2.53 bits per heavy atom. The highest BCUT2D eigenvalue weighted by atomic mass is 32.2. The number of benzene rings is 3. The number of H-pyrrole nitrogens is 1. The Morgan fingerprint density at radius 2 is 1.72 bits per heavy atom. The zero-order valence-electron chi connectivity index (χ0n) is 17.1. The average Bonchev–Trinajstić information content (AvgIpc) is 3.30. The smallest absolute Gasteiger partial charge is 0.371 e. The van der Waals surface area contributed by atoms with Gasteiger partial charge in [0, 0.05) is 47.2 Å². The fraction of sp³-hybridized carbons (Fsp3) is 0.0833. The molecule has 5 rings (SSSR count). The standard InChI is InChI=1S/C24H20FN3O3S/c1-28-14-20(17-11-10-15(25)12-22(17)28)24(19-13-27-21-8-4-2-6-16(19)21)18-7-3-5-9-23(18)31-32(26,29)30/h2-14,24,27H,1H3,(H2,26,29,30). The summed E-state index contributed by atoms with van der Waals surface area (Å²) in [5.74, 6) is -0.588. The molecule has 2 heterocycles. The van der Waals surface area contributed by atoms with Gasteiger partial charge in [-0.3, -0.25) is 0 Å². The van der Waals surface area contributed by atoms with E-state index >= 15 is 0 Å². The molecule has 0 aliphatic carbocycles. The molecule has 0 radical (unpaired) electrons. The zero-order valence-corrected chi connectivity index (χ0v) is 17.9. The summed E-state index contributed by atoms with van der Waals surface area (Å²) in [5, 5.41) is 7.04. The third-order valence-electron chi connectivity index (χ3n) is 5.66. The van der Waals surface area contributed by atoms with Crippen LogP contribution in [0.5, 0.6) is 5.75 Å². The van der Waals surface area contributed by atoms with E-state index in [0.717, 1.165) is 32.9 Å². The van der Waals surface area contributed by atoms with Gasteiger partial charge < -0.3 is 13.7 Å². The number of rotatable bonds is 5. The lowest BCUT2D eigenvalue weighted by molar-refractivity contribution is 0.484. The molecule has 0 spiro atoms. The molecule has 162 valence electrons. The van der Waals surface area contributed by atoms with Gasteiger partial charge in [-0.15, -0.1) is 0 Å². The largest absolute Gasteiger partial charge is 0.380 e. The molecule has 0 amide bonds. The number of halogens is 1. The quantitative estimate of drug-likeness (QED) is 0.412. The van der Waals surface area contributed by atoms with Crippen molar-refractivity contribution in [1.82, 2.24) is 9.55 Å². The minimum atomic E-state index is -4.23. The fourth-order valence-corrected chi connectivity index (χ4v) is 4.78. The van der Waals surface area contributed by atoms with E-state index < -0.39 is 16.2 Å². The second kappa shape index (κ2) is 7.51. The van der Waals surface area contributed by atoms with Gasteiger partial charge in [0.15, 0.2) is 0 Å². The van der Waals surface area contributed by atoms with Crippen molar-refractivity contribution in [3.63, 3.8) is 0 Å². The summed E-state index contributed by atoms with van der Waals surface area (Å²) < 4.78 is 44.5. The zero-order chi connectivity index (χ0) is 22.5. The lowest BCUT2D eigenvalue weighted by atomic mass is 9.84. The number of fused-ring (bicyclic) bond motifs is 2. The van der Waals surface area contributed by atoms with E-state index in [-0.39, 0.29) is 11.6 Å². The highest BCUT2D eigenvalue weighted by molar-refractivity contribution is 7.84. The summed E-state index contributed by atoms with van der Waals surface area (Å²) in [4.78, 5) is 3.29. The number of aromatic nitrogens is 2. The number of nitrogens with two attached hydrogens (primary N) is 1. The van der Waals surface area contributed by atoms with Crippen molar-refractivity contribution in [2.45, 2.75) is 5.92 Å². The minimum absolute atomic E-state index is 0.143. The maximum atomic E-state index is 14.0. The molecular formula is C24H20FN3O3S. The van der Waals surface area contributed by atoms with E-state index in [1.807, 2.05) is 60.4 Å². The first-order chi connectivity index (χ1) is 15.3. The molecule has 1 atom stereocenters. The van der Waals surface area contributed by atoms with Gasteiger partial charge in [0.05, 0.1) is 5.52 Å². The Morgan fingerprint density at radius 1 is 0.969 bits per heavy atom. The normalized spacial score (nSPS) is 13.0. The van der Waals surface area contributed by atoms with E-state index in [1.54, 1.807) is 18.2 Å². The van der Waals surface area contributed by atoms with Gasteiger partial charge in [-0.25, -0.2) is 4.39 Å². The van der Waals surface area contributed by atoms with E-state index in [0.29, 0.717) is 5.56 Å². The topological polar surface area (TPSA) is 90.1 Å². The highest BCUT2D eigenvalue weighted by Crippen LogP contribution is 2.43. The van der Waals surface area contributed by atoms with Crippen molar-refractivity contribution in [2.24, 2.45) is 12.2 Å². The molecule has 3 N–H and O–H groups in total. The fourth-order valence-electron chi connectivity index (χ4n) is 4.37. The Hall–Kier alpha value is -3.62. The van der Waals surface area contributed by atoms with Gasteiger partial charge in [0.2, 0.25) is 0 Å². The van der Waals surface area contributed by atoms with Crippen LogP contribution in [-0.4, -0.2) is 18.0 Å². The highest BCUT2D eigenvalue weighted by Gasteiger charge is 2.27. The minimum Gasteiger partial charge on any atom is -0.371 e. The van der Waals surface area contributed by atoms with Crippen LogP contribution < -0.4 is 9.32 Å². The van der Waals surface area contributed by atoms with Crippen molar-refractivity contribution in [1.29, 1.82) is 0 Å². The molecule has 0 fully saturated rings. The van der Waals surface area contributed by atoms with Gasteiger partial charge >= 0.3 is 10.3 Å². The number of aromatic amines is 1. The molecular weight excluding hydrogens is 429 g/mol. The van der Waals surface area contributed by atoms with Gasteiger partial charge in [-0.05, 0) is 41.5 Å². The average molecular weight is 450 g/mol. The van der Waals surface area contributed by atoms with Crippen molar-refractivity contribution < 1.29 is 17.0 Å². The molecule has 1 unspecified atom stereocenters. The number of para-hydroxylation sites is 2. The predicted octanol–water partition coefficient (Wildman–Crippen LogP) is 4.56. The first-order valence-corrected chi connectivity index (χ1v) is 11.4. The number of hydrogen-bond acceptors (Lipinski definition) is 3. The maximum absolute atomic E-state index is 14.0. The van der Waals surface area contributed by atoms with Crippen molar-refractivity contribution in [2.75, 3.05) is 0 Å². The first kappa shape index (κ1) is 20.3. The van der Waals surface area contributed by atoms with Crippen LogP contribution >= 0.6 is 0 Å². The van der Waals surface area contributed by atoms with Crippen LogP contribution in [0.2, 0.25) is 0 Å². The maximum Gasteiger partial charge on any atom is 0.380 e. The van der Waals surface area contributed by atoms with Gasteiger partial charge in [0.25, 0.3) is 0 Å². The first-order valence-electron chi connectivity index (χ1n) is 9.93. The third-order valence-corrected chi connectivity index (χ3v) is 6.07. The van der Waals surface area contributed by atoms with Crippen molar-refractivity contribution >= 4 is 32.1 Å². The van der Waals surface area contributed by atoms with E-state index in [4.69, 9.17) is 9.32 Å². The number of nitrogens with zero attached hydrogens (tertiary/aromatic N) is 1. The number of hydrogen-bond donors (Lipinski definition) is 2. The van der Waals surface area contributed by atoms with Crippen LogP contribution in [0.25, 0.3) is 21.8 Å². The van der Waals surface area contributed by atoms with E-state index in [1.165, 1.54) is 12.1 Å². The molecule has 5 aromatic rings. The molecule has 0 aliphatic heterocycles. The monoisotopic (exact) mass is 449 g/mol. The SMILES string of the molecule is Cn1cc(C(c2ccccc2OS(N)(=O)=O)c2c[nH]c3ccccc23)c2ccc(F)cc21. The Labute approximate surface area is 184 Å². The number of aryl methyl sites for hydroxylation is 1. The molecule has 0 bridgehead atoms. The summed E-state index contributed by atoms with van der Waals surface area (Å²) >= 11 is 0. The Kier molecular flexibility index (Phi) is 4.76. The van der Waals surface area contributed by atoms with Crippen LogP contribution in [0.3, 0.4) is 0 Å². The van der Waals surface area contributed by atoms with Crippen LogP contribution in [0.15, 0.2) is 79.1 Å². The lowest BCUT2D eigenvalue weighted by Crippen LogP contribution is -2.20. The van der Waals surface area contributed by atoms with Crippen molar-refractivity contribution in [3.8, 4) is 5.75 Å². The molecule has 0 saturated carbocycles. The van der Waals surface area contributed by atoms with Gasteiger partial charge in [-0.2, -0.15) is 13.6 Å². The van der Waals surface area contributed by atoms with Crippen LogP contribution in [0.1, 0.15) is 22.6 Å². The van der Waals surface area contributed by atoms with Gasteiger partial charge in [-0.1, -0.05) is 36.4 Å². The Balaban J connectivity index is 1.83. The lowest BCUT2D eigenvalue weighted by Gasteiger charge is -2.20. The summed E-state index contributed by atoms with van der Waals surface area (Å²) in [6.45, 7) is 0. The second-order valence-corrected chi connectivity index (χ2v) is 8.85. The summed E-state index contributed by atoms with van der Waals surface area (Å²) in [6, 6.07) is 19.4. The third kappa shape index (κ3) is 3.53. The second-order valence-electron chi connectivity index (χ2n) is 7.69. The summed E-state index contributed by atoms with van der Waals surface area (Å²) in [7, 11) is -2.38. The molecule has 3 aromatic carbocycles. The molecule has 2 aromatic heterocycles. The molecule has 8 heteroatoms. The summed E-state index contributed by atoms with van der Waals surface area (Å²) in [5.41, 5.74) is 4.13. The van der Waals surface area contributed by atoms with E-state index in [9.17, 15) is 12.8 Å².